The summed E-state index contributed by atoms with van der Waals surface area (Å²) >= 11 is 16.5. The van der Waals surface area contributed by atoms with Crippen LogP contribution in [0, 0.1) is 0 Å². The summed E-state index contributed by atoms with van der Waals surface area (Å²) in [5, 5.41) is 0.922. The molecule has 0 saturated heterocycles. The summed E-state index contributed by atoms with van der Waals surface area (Å²) in [7, 11) is -3.70. The fraction of sp³-hybridized carbons (Fsp3) is 0.833. The molecule has 0 bridgehead atoms. The molecule has 0 aromatic rings. The number of halogens is 3. The smallest absolute Gasteiger partial charge is 0.369 e. The molecule has 0 spiro atoms. The topological polar surface area (TPSA) is 96.3 Å². The Morgan fingerprint density at radius 3 is 2.24 bits per heavy atom. The van der Waals surface area contributed by atoms with E-state index in [-0.39, 0.29) is 6.54 Å². The summed E-state index contributed by atoms with van der Waals surface area (Å²) in [6, 6.07) is -1.15. The molecule has 7 nitrogen and oxygen atoms in total. The molecule has 17 heavy (non-hydrogen) atoms. The number of phosphoric ester groups is 1. The van der Waals surface area contributed by atoms with Crippen LogP contribution in [0.3, 0.4) is 0 Å². The third-order valence-electron chi connectivity index (χ3n) is 1.55. The van der Waals surface area contributed by atoms with Crippen LogP contribution in [0.15, 0.2) is 0 Å². The first-order valence-corrected chi connectivity index (χ1v) is 6.79. The maximum atomic E-state index is 11.3. The van der Waals surface area contributed by atoms with Crippen LogP contribution >= 0.6 is 42.6 Å². The van der Waals surface area contributed by atoms with E-state index in [0.29, 0.717) is 0 Å². The Morgan fingerprint density at radius 2 is 1.94 bits per heavy atom. The van der Waals surface area contributed by atoms with E-state index in [2.05, 4.69) is 4.52 Å². The van der Waals surface area contributed by atoms with Crippen molar-refractivity contribution in [2.24, 2.45) is 0 Å². The highest BCUT2D eigenvalue weighted by Gasteiger charge is 2.33. The normalized spacial score (nSPS) is 14.8. The molecule has 2 N–H and O–H groups in total. The number of nitrogens with zero attached hydrogens (tertiary/aromatic N) is 1. The molecule has 0 aromatic carbocycles. The Bertz CT molecular complexity index is 315. The molecule has 0 unspecified atom stereocenters. The average Bonchev–Trinajstić information content (AvgIpc) is 2.08. The van der Waals surface area contributed by atoms with Gasteiger partial charge in [0.1, 0.15) is 6.04 Å². The molecule has 1 atom stereocenters. The zero-order chi connectivity index (χ0) is 13.9. The van der Waals surface area contributed by atoms with Crippen LogP contribution in [0.1, 0.15) is 6.92 Å². The minimum atomic E-state index is -4.91. The van der Waals surface area contributed by atoms with E-state index >= 15 is 0 Å². The molecule has 0 aliphatic rings. The van der Waals surface area contributed by atoms with Gasteiger partial charge in [0.25, 0.3) is 0 Å². The van der Waals surface area contributed by atoms with E-state index in [4.69, 9.17) is 49.4 Å². The Kier molecular flexibility index (Phi) is 6.70. The van der Waals surface area contributed by atoms with Crippen molar-refractivity contribution in [2.45, 2.75) is 16.8 Å². The monoisotopic (exact) mass is 329 g/mol. The Labute approximate surface area is 113 Å². The van der Waals surface area contributed by atoms with Gasteiger partial charge in [-0.25, -0.2) is 9.36 Å². The Balaban J connectivity index is 4.59. The van der Waals surface area contributed by atoms with Gasteiger partial charge in [-0.15, -0.1) is 0 Å². The number of rotatable bonds is 5. The van der Waals surface area contributed by atoms with Crippen LogP contribution in [0.4, 0.5) is 0 Å². The number of alkyl halides is 3. The summed E-state index contributed by atoms with van der Waals surface area (Å²) in [5.74, 6) is -1.20. The quantitative estimate of drug-likeness (QED) is 0.445. The molecule has 102 valence electrons. The number of carbonyl (C=O) groups is 1. The summed E-state index contributed by atoms with van der Waals surface area (Å²) in [6.45, 7) is 0.990. The van der Waals surface area contributed by atoms with Crippen molar-refractivity contribution >= 4 is 48.6 Å². The fourth-order valence-corrected chi connectivity index (χ4v) is 1.59. The van der Waals surface area contributed by atoms with E-state index in [9.17, 15) is 9.36 Å². The first kappa shape index (κ1) is 17.4. The molecule has 0 amide bonds. The van der Waals surface area contributed by atoms with Gasteiger partial charge in [0.15, 0.2) is 0 Å². The maximum absolute atomic E-state index is 11.3. The lowest BCUT2D eigenvalue weighted by Gasteiger charge is -2.27. The first-order valence-electron chi connectivity index (χ1n) is 4.13. The molecular weight excluding hydrogens is 319 g/mol. The number of hydrogen-bond donors (Lipinski definition) is 2. The Hall–Kier alpha value is 0.410. The van der Waals surface area contributed by atoms with E-state index in [1.54, 1.807) is 0 Å². The van der Waals surface area contributed by atoms with Crippen LogP contribution in [-0.4, -0.2) is 44.3 Å². The van der Waals surface area contributed by atoms with Crippen molar-refractivity contribution in [3.8, 4) is 0 Å². The largest absolute Gasteiger partial charge is 0.527 e. The van der Waals surface area contributed by atoms with Gasteiger partial charge in [-0.2, -0.15) is 5.06 Å². The van der Waals surface area contributed by atoms with E-state index in [1.807, 2.05) is 0 Å². The van der Waals surface area contributed by atoms with Crippen molar-refractivity contribution in [1.29, 1.82) is 0 Å². The molecular formula is C6H11Cl3NO6P. The van der Waals surface area contributed by atoms with Gasteiger partial charge in [0.05, 0.1) is 13.7 Å². The van der Waals surface area contributed by atoms with Gasteiger partial charge >= 0.3 is 13.8 Å². The predicted octanol–water partition coefficient (Wildman–Crippen LogP) is 1.24. The van der Waals surface area contributed by atoms with Gasteiger partial charge in [0, 0.05) is 0 Å². The second kappa shape index (κ2) is 6.54. The summed E-state index contributed by atoms with van der Waals surface area (Å²) in [4.78, 5) is 32.9. The number of carbonyl (C=O) groups excluding carboxylic acids is 1. The molecule has 0 radical (unpaired) electrons. The zero-order valence-corrected chi connectivity index (χ0v) is 12.0. The summed E-state index contributed by atoms with van der Waals surface area (Å²) in [5.41, 5.74) is 0. The summed E-state index contributed by atoms with van der Waals surface area (Å²) in [6.07, 6.45) is 0. The van der Waals surface area contributed by atoms with Crippen LogP contribution in [0.25, 0.3) is 0 Å². The van der Waals surface area contributed by atoms with Crippen LogP contribution in [-0.2, 0) is 18.7 Å². The molecule has 0 fully saturated rings. The molecule has 0 saturated carbocycles. The highest BCUT2D eigenvalue weighted by molar-refractivity contribution is 7.46. The van der Waals surface area contributed by atoms with Crippen molar-refractivity contribution < 1.29 is 28.5 Å². The van der Waals surface area contributed by atoms with Gasteiger partial charge in [-0.05, 0) is 6.92 Å². The second-order valence-electron chi connectivity index (χ2n) is 2.95. The molecule has 0 aliphatic carbocycles. The van der Waals surface area contributed by atoms with E-state index < -0.39 is 23.6 Å². The number of hydrogen-bond acceptors (Lipinski definition) is 5. The lowest BCUT2D eigenvalue weighted by molar-refractivity contribution is -0.179. The summed E-state index contributed by atoms with van der Waals surface area (Å²) < 4.78 is 12.6. The first-order chi connectivity index (χ1) is 7.46. The minimum Gasteiger partial charge on any atom is -0.369 e. The molecule has 0 aromatic heterocycles. The van der Waals surface area contributed by atoms with E-state index in [1.165, 1.54) is 14.0 Å². The third kappa shape index (κ3) is 8.18. The van der Waals surface area contributed by atoms with Gasteiger partial charge in [-0.3, -0.25) is 9.79 Å². The van der Waals surface area contributed by atoms with Gasteiger partial charge in [0.2, 0.25) is 3.79 Å². The van der Waals surface area contributed by atoms with Crippen LogP contribution < -0.4 is 0 Å². The van der Waals surface area contributed by atoms with Crippen LogP contribution in [0.2, 0.25) is 0 Å². The lowest BCUT2D eigenvalue weighted by Crippen LogP contribution is -2.43. The average molecular weight is 330 g/mol. The molecule has 0 rings (SSSR count). The SMILES string of the molecule is CON(CC(Cl)(Cl)Cl)[C@@H](C)C(=O)OP(=O)(O)O. The maximum Gasteiger partial charge on any atom is 0.527 e. The predicted molar refractivity (Wildman–Crippen MR) is 61.6 cm³/mol. The second-order valence-corrected chi connectivity index (χ2v) is 6.63. The van der Waals surface area contributed by atoms with Crippen molar-refractivity contribution in [2.75, 3.05) is 13.7 Å². The standard InChI is InChI=1S/C6H11Cl3NO6P/c1-4(5(11)16-17(12,13)14)10(15-2)3-6(7,8)9/h4H,3H2,1-2H3,(H2,12,13,14)/t4-/m0/s1. The fourth-order valence-electron chi connectivity index (χ4n) is 0.847. The zero-order valence-electron chi connectivity index (χ0n) is 8.84. The van der Waals surface area contributed by atoms with Crippen LogP contribution in [0.5, 0.6) is 0 Å². The molecule has 0 heterocycles. The minimum absolute atomic E-state index is 0.286. The molecule has 11 heteroatoms. The van der Waals surface area contributed by atoms with Crippen molar-refractivity contribution in [3.63, 3.8) is 0 Å². The van der Waals surface area contributed by atoms with Gasteiger partial charge < -0.3 is 9.36 Å². The highest BCUT2D eigenvalue weighted by Crippen LogP contribution is 2.37. The van der Waals surface area contributed by atoms with E-state index in [0.717, 1.165) is 5.06 Å². The molecule has 0 aliphatic heterocycles. The number of phosphoric acid groups is 1. The highest BCUT2D eigenvalue weighted by atomic mass is 35.6. The van der Waals surface area contributed by atoms with Crippen molar-refractivity contribution in [1.82, 2.24) is 5.06 Å². The third-order valence-corrected chi connectivity index (χ3v) is 2.33. The van der Waals surface area contributed by atoms with Gasteiger partial charge in [-0.1, -0.05) is 34.8 Å². The lowest BCUT2D eigenvalue weighted by atomic mass is 10.3. The van der Waals surface area contributed by atoms with Crippen molar-refractivity contribution in [3.05, 3.63) is 0 Å². The number of hydroxylamine groups is 2. The Morgan fingerprint density at radius 1 is 1.47 bits per heavy atom.